The Labute approximate surface area is 236 Å². The summed E-state index contributed by atoms with van der Waals surface area (Å²) in [6.07, 6.45) is 0. The van der Waals surface area contributed by atoms with E-state index in [1.54, 1.807) is 12.1 Å². The van der Waals surface area contributed by atoms with Crippen LogP contribution in [0.25, 0.3) is 0 Å². The van der Waals surface area contributed by atoms with Crippen LogP contribution in [0.4, 0.5) is 0 Å². The van der Waals surface area contributed by atoms with Gasteiger partial charge in [-0.25, -0.2) is 9.13 Å². The van der Waals surface area contributed by atoms with Crippen LogP contribution in [0.2, 0.25) is 0 Å². The molecule has 0 amide bonds. The molecule has 1 atom stereocenters. The van der Waals surface area contributed by atoms with E-state index in [-0.39, 0.29) is 81.8 Å². The van der Waals surface area contributed by atoms with Crippen LogP contribution in [0.15, 0.2) is 78.9 Å². The van der Waals surface area contributed by atoms with Gasteiger partial charge < -0.3 is 13.6 Å². The summed E-state index contributed by atoms with van der Waals surface area (Å²) in [5, 5.41) is 0. The van der Waals surface area contributed by atoms with Crippen molar-refractivity contribution in [2.45, 2.75) is 19.3 Å². The van der Waals surface area contributed by atoms with Crippen molar-refractivity contribution in [1.29, 1.82) is 0 Å². The first kappa shape index (κ1) is 30.4. The number of hydrogen-bond donors (Lipinski definition) is 3. The van der Waals surface area contributed by atoms with Gasteiger partial charge in [0.2, 0.25) is 0 Å². The fourth-order valence-electron chi connectivity index (χ4n) is 2.94. The van der Waals surface area contributed by atoms with Gasteiger partial charge in [0.1, 0.15) is 17.2 Å². The summed E-state index contributed by atoms with van der Waals surface area (Å²) >= 11 is 0. The summed E-state index contributed by atoms with van der Waals surface area (Å²) in [6, 6.07) is 21.6. The Morgan fingerprint density at radius 2 is 0.970 bits per heavy atom. The molecule has 0 aliphatic rings. The molecule has 0 heterocycles. The standard InChI is InChI=1S/C21H22O8P2.2Na/c1-21(2,16-6-4-3-5-7-16)17-8-10-19(11-9-17)28-31(25,26)29-20-14-12-18(13-15-20)27-30(22,23)24;;/h3-15H,1-2H3,(H,25,26)(H2,22,23,24);;. The van der Waals surface area contributed by atoms with Crippen molar-refractivity contribution >= 4 is 74.8 Å². The molecule has 0 saturated carbocycles. The number of phosphoric ester groups is 2. The van der Waals surface area contributed by atoms with Crippen LogP contribution < -0.4 is 13.6 Å². The van der Waals surface area contributed by atoms with Crippen molar-refractivity contribution in [2.24, 2.45) is 0 Å². The smallest absolute Gasteiger partial charge is 0.404 e. The molecule has 0 saturated heterocycles. The average molecular weight is 510 g/mol. The van der Waals surface area contributed by atoms with Gasteiger partial charge in [0.05, 0.1) is 0 Å². The fourth-order valence-corrected chi connectivity index (χ4v) is 4.15. The molecular formula is C21H22Na2O8P2. The molecule has 0 fully saturated rings. The predicted molar refractivity (Wildman–Crippen MR) is 127 cm³/mol. The van der Waals surface area contributed by atoms with Crippen LogP contribution in [0.3, 0.4) is 0 Å². The zero-order valence-electron chi connectivity index (χ0n) is 18.8. The first-order valence-electron chi connectivity index (χ1n) is 9.18. The van der Waals surface area contributed by atoms with Gasteiger partial charge in [-0.2, -0.15) is 0 Å². The second kappa shape index (κ2) is 12.4. The molecule has 1 unspecified atom stereocenters. The molecule has 8 nitrogen and oxygen atoms in total. The third kappa shape index (κ3) is 9.17. The van der Waals surface area contributed by atoms with Crippen LogP contribution in [-0.2, 0) is 14.5 Å². The zero-order valence-corrected chi connectivity index (χ0v) is 24.6. The maximum Gasteiger partial charge on any atom is 0.584 e. The van der Waals surface area contributed by atoms with E-state index in [2.05, 4.69) is 18.4 Å². The second-order valence-electron chi connectivity index (χ2n) is 7.22. The van der Waals surface area contributed by atoms with E-state index in [1.165, 1.54) is 24.3 Å². The van der Waals surface area contributed by atoms with E-state index in [0.29, 0.717) is 0 Å². The Bertz CT molecular complexity index is 1120. The van der Waals surface area contributed by atoms with Crippen molar-refractivity contribution in [3.05, 3.63) is 90.0 Å². The van der Waals surface area contributed by atoms with Gasteiger partial charge in [-0.3, -0.25) is 14.7 Å². The van der Waals surface area contributed by atoms with Crippen LogP contribution in [0.5, 0.6) is 17.2 Å². The molecule has 0 aliphatic heterocycles. The number of benzene rings is 3. The Balaban J connectivity index is 0.00000272. The van der Waals surface area contributed by atoms with Crippen molar-refractivity contribution in [3.8, 4) is 17.2 Å². The Morgan fingerprint density at radius 1 is 0.606 bits per heavy atom. The number of phosphoric acid groups is 2. The molecule has 3 N–H and O–H groups in total. The molecule has 12 heteroatoms. The molecule has 0 aromatic heterocycles. The molecule has 0 bridgehead atoms. The van der Waals surface area contributed by atoms with Crippen LogP contribution in [0.1, 0.15) is 25.0 Å². The van der Waals surface area contributed by atoms with Crippen molar-refractivity contribution < 1.29 is 37.4 Å². The largest absolute Gasteiger partial charge is 0.584 e. The Kier molecular flexibility index (Phi) is 11.4. The van der Waals surface area contributed by atoms with Gasteiger partial charge in [-0.15, -0.1) is 0 Å². The fraction of sp³-hybridized carbons (Fsp3) is 0.143. The van der Waals surface area contributed by atoms with Gasteiger partial charge in [0.15, 0.2) is 0 Å². The minimum Gasteiger partial charge on any atom is -0.404 e. The van der Waals surface area contributed by atoms with Crippen molar-refractivity contribution in [3.63, 3.8) is 0 Å². The van der Waals surface area contributed by atoms with Crippen LogP contribution in [0, 0.1) is 0 Å². The molecule has 0 aliphatic carbocycles. The van der Waals surface area contributed by atoms with E-state index < -0.39 is 15.6 Å². The summed E-state index contributed by atoms with van der Waals surface area (Å²) < 4.78 is 37.7. The molecular weight excluding hydrogens is 488 g/mol. The molecule has 3 rings (SSSR count). The summed E-state index contributed by atoms with van der Waals surface area (Å²) in [5.74, 6) is -0.00313. The summed E-state index contributed by atoms with van der Waals surface area (Å²) in [4.78, 5) is 27.6. The quantitative estimate of drug-likeness (QED) is 0.303. The topological polar surface area (TPSA) is 123 Å². The van der Waals surface area contributed by atoms with Gasteiger partial charge in [0.25, 0.3) is 0 Å². The zero-order chi connectivity index (χ0) is 22.7. The monoisotopic (exact) mass is 510 g/mol. The molecule has 2 radical (unpaired) electrons. The first-order chi connectivity index (χ1) is 14.4. The predicted octanol–water partition coefficient (Wildman–Crippen LogP) is 4.28. The number of hydrogen-bond acceptors (Lipinski definition) is 5. The van der Waals surface area contributed by atoms with E-state index >= 15 is 0 Å². The normalized spacial score (nSPS) is 13.0. The molecule has 33 heavy (non-hydrogen) atoms. The Morgan fingerprint density at radius 3 is 1.39 bits per heavy atom. The van der Waals surface area contributed by atoms with E-state index in [0.717, 1.165) is 11.1 Å². The number of rotatable bonds is 8. The van der Waals surface area contributed by atoms with E-state index in [9.17, 15) is 14.0 Å². The minimum atomic E-state index is -4.70. The maximum atomic E-state index is 12.3. The molecule has 166 valence electrons. The van der Waals surface area contributed by atoms with Crippen LogP contribution in [-0.4, -0.2) is 73.8 Å². The molecule has 0 spiro atoms. The SMILES string of the molecule is CC(C)(c1ccccc1)c1ccc(OP(=O)(O)Oc2ccc(OP(=O)(O)O)cc2)cc1.[Na].[Na]. The van der Waals surface area contributed by atoms with E-state index in [4.69, 9.17) is 18.8 Å². The minimum absolute atomic E-state index is 0. The average Bonchev–Trinajstić information content (AvgIpc) is 2.69. The summed E-state index contributed by atoms with van der Waals surface area (Å²) in [7, 11) is -9.20. The molecule has 3 aromatic carbocycles. The summed E-state index contributed by atoms with van der Waals surface area (Å²) in [6.45, 7) is 4.16. The maximum absolute atomic E-state index is 12.3. The van der Waals surface area contributed by atoms with Gasteiger partial charge >= 0.3 is 15.6 Å². The van der Waals surface area contributed by atoms with Gasteiger partial charge in [0, 0.05) is 64.5 Å². The van der Waals surface area contributed by atoms with Crippen molar-refractivity contribution in [2.75, 3.05) is 0 Å². The van der Waals surface area contributed by atoms with Gasteiger partial charge in [-0.05, 0) is 47.5 Å². The third-order valence-corrected chi connectivity index (χ3v) is 5.89. The summed E-state index contributed by atoms with van der Waals surface area (Å²) in [5.41, 5.74) is 1.86. The first-order valence-corrected chi connectivity index (χ1v) is 12.2. The second-order valence-corrected chi connectivity index (χ2v) is 9.69. The van der Waals surface area contributed by atoms with Crippen molar-refractivity contribution in [1.82, 2.24) is 0 Å². The molecule has 3 aromatic rings. The van der Waals surface area contributed by atoms with E-state index in [1.807, 2.05) is 42.5 Å². The Hall–Kier alpha value is -0.600. The van der Waals surface area contributed by atoms with Crippen LogP contribution >= 0.6 is 15.6 Å². The van der Waals surface area contributed by atoms with Gasteiger partial charge in [-0.1, -0.05) is 56.3 Å². The third-order valence-electron chi connectivity index (χ3n) is 4.56.